The van der Waals surface area contributed by atoms with Crippen LogP contribution in [0.4, 0.5) is 0 Å². The molecule has 2 rings (SSSR count). The van der Waals surface area contributed by atoms with Gasteiger partial charge in [-0.15, -0.1) is 0 Å². The van der Waals surface area contributed by atoms with Crippen molar-refractivity contribution in [2.75, 3.05) is 0 Å². The predicted octanol–water partition coefficient (Wildman–Crippen LogP) is 4.94. The Morgan fingerprint density at radius 2 is 1.68 bits per heavy atom. The van der Waals surface area contributed by atoms with Crippen molar-refractivity contribution in [2.45, 2.75) is 50.3 Å². The fourth-order valence-corrected chi connectivity index (χ4v) is 3.09. The van der Waals surface area contributed by atoms with E-state index in [0.29, 0.717) is 5.75 Å². The summed E-state index contributed by atoms with van der Waals surface area (Å²) < 4.78 is 37.0. The number of aryl methyl sites for hydroxylation is 1. The Balaban J connectivity index is 2.01. The number of hydrogen-bond donors (Lipinski definition) is 2. The topological polar surface area (TPSA) is 83.8 Å². The van der Waals surface area contributed by atoms with Crippen LogP contribution in [0.25, 0.3) is 0 Å². The molecule has 25 heavy (non-hydrogen) atoms. The summed E-state index contributed by atoms with van der Waals surface area (Å²) in [6.07, 6.45) is 6.65. The smallest absolute Gasteiger partial charge is 0.294 e. The van der Waals surface area contributed by atoms with Gasteiger partial charge >= 0.3 is 0 Å². The van der Waals surface area contributed by atoms with Crippen LogP contribution in [-0.4, -0.2) is 18.1 Å². The van der Waals surface area contributed by atoms with E-state index in [0.717, 1.165) is 24.8 Å². The quantitative estimate of drug-likeness (QED) is 0.486. The van der Waals surface area contributed by atoms with Crippen molar-refractivity contribution >= 4 is 10.1 Å². The SMILES string of the molecule is CCCCCCCc1ccc(Oc2cccc(S(=O)(=O)O)c2)cc1O. The van der Waals surface area contributed by atoms with Gasteiger partial charge in [-0.3, -0.25) is 4.55 Å². The minimum atomic E-state index is -4.28. The lowest BCUT2D eigenvalue weighted by atomic mass is 10.0. The molecule has 0 spiro atoms. The summed E-state index contributed by atoms with van der Waals surface area (Å²) in [5, 5.41) is 10.1. The molecule has 5 nitrogen and oxygen atoms in total. The predicted molar refractivity (Wildman–Crippen MR) is 96.9 cm³/mol. The van der Waals surface area contributed by atoms with Gasteiger partial charge in [-0.2, -0.15) is 8.42 Å². The van der Waals surface area contributed by atoms with E-state index in [9.17, 15) is 13.5 Å². The second-order valence-electron chi connectivity index (χ2n) is 6.01. The Hall–Kier alpha value is -2.05. The molecular formula is C19H24O5S. The first kappa shape index (κ1) is 19.3. The number of rotatable bonds is 9. The van der Waals surface area contributed by atoms with Crippen molar-refractivity contribution in [3.05, 3.63) is 48.0 Å². The molecule has 0 heterocycles. The van der Waals surface area contributed by atoms with Crippen LogP contribution < -0.4 is 4.74 Å². The summed E-state index contributed by atoms with van der Waals surface area (Å²) in [5.74, 6) is 0.834. The molecule has 0 atom stereocenters. The Kier molecular flexibility index (Phi) is 6.84. The zero-order valence-corrected chi connectivity index (χ0v) is 15.1. The first-order chi connectivity index (χ1) is 11.9. The Bertz CT molecular complexity index is 799. The first-order valence-electron chi connectivity index (χ1n) is 8.47. The van der Waals surface area contributed by atoms with Crippen LogP contribution >= 0.6 is 0 Å². The molecule has 0 saturated carbocycles. The Labute approximate surface area is 149 Å². The highest BCUT2D eigenvalue weighted by Crippen LogP contribution is 2.29. The largest absolute Gasteiger partial charge is 0.508 e. The first-order valence-corrected chi connectivity index (χ1v) is 9.91. The number of benzene rings is 2. The van der Waals surface area contributed by atoms with Crippen LogP contribution in [0.15, 0.2) is 47.4 Å². The fourth-order valence-electron chi connectivity index (χ4n) is 2.57. The standard InChI is InChI=1S/C19H24O5S/c1-2-3-4-5-6-8-15-11-12-17(14-19(15)20)24-16-9-7-10-18(13-16)25(21,22)23/h7,9-14,20H,2-6,8H2,1H3,(H,21,22,23). The summed E-state index contributed by atoms with van der Waals surface area (Å²) in [7, 11) is -4.28. The third-order valence-corrected chi connectivity index (χ3v) is 4.80. The molecule has 0 aliphatic heterocycles. The van der Waals surface area contributed by atoms with Gasteiger partial charge in [0.05, 0.1) is 4.90 Å². The lowest BCUT2D eigenvalue weighted by molar-refractivity contribution is 0.447. The van der Waals surface area contributed by atoms with Gasteiger partial charge in [-0.05, 0) is 36.6 Å². The maximum absolute atomic E-state index is 11.2. The summed E-state index contributed by atoms with van der Waals surface area (Å²) in [6, 6.07) is 10.6. The average Bonchev–Trinajstić information content (AvgIpc) is 2.56. The van der Waals surface area contributed by atoms with Crippen molar-refractivity contribution in [3.63, 3.8) is 0 Å². The number of ether oxygens (including phenoxy) is 1. The van der Waals surface area contributed by atoms with Gasteiger partial charge in [0.25, 0.3) is 10.1 Å². The van der Waals surface area contributed by atoms with Gasteiger partial charge in [0.15, 0.2) is 0 Å². The fraction of sp³-hybridized carbons (Fsp3) is 0.368. The van der Waals surface area contributed by atoms with E-state index in [1.807, 2.05) is 6.07 Å². The summed E-state index contributed by atoms with van der Waals surface area (Å²) in [6.45, 7) is 2.18. The van der Waals surface area contributed by atoms with Gasteiger partial charge in [-0.25, -0.2) is 0 Å². The van der Waals surface area contributed by atoms with Crippen LogP contribution in [0.2, 0.25) is 0 Å². The zero-order chi connectivity index (χ0) is 18.3. The van der Waals surface area contributed by atoms with Crippen molar-refractivity contribution < 1.29 is 22.8 Å². The van der Waals surface area contributed by atoms with Gasteiger partial charge in [0.1, 0.15) is 17.2 Å². The van der Waals surface area contributed by atoms with E-state index in [-0.39, 0.29) is 16.4 Å². The van der Waals surface area contributed by atoms with Gasteiger partial charge < -0.3 is 9.84 Å². The van der Waals surface area contributed by atoms with Crippen LogP contribution in [0.3, 0.4) is 0 Å². The molecule has 0 amide bonds. The summed E-state index contributed by atoms with van der Waals surface area (Å²) in [4.78, 5) is -0.238. The van der Waals surface area contributed by atoms with Crippen LogP contribution in [0.5, 0.6) is 17.2 Å². The number of aromatic hydroxyl groups is 1. The number of unbranched alkanes of at least 4 members (excludes halogenated alkanes) is 4. The van der Waals surface area contributed by atoms with E-state index in [1.165, 1.54) is 43.5 Å². The molecule has 0 saturated heterocycles. The highest BCUT2D eigenvalue weighted by atomic mass is 32.2. The van der Waals surface area contributed by atoms with Crippen molar-refractivity contribution in [2.24, 2.45) is 0 Å². The second kappa shape index (κ2) is 8.87. The monoisotopic (exact) mass is 364 g/mol. The van der Waals surface area contributed by atoms with Gasteiger partial charge in [-0.1, -0.05) is 44.7 Å². The highest BCUT2D eigenvalue weighted by molar-refractivity contribution is 7.85. The molecule has 136 valence electrons. The summed E-state index contributed by atoms with van der Waals surface area (Å²) >= 11 is 0. The lowest BCUT2D eigenvalue weighted by Gasteiger charge is -2.10. The van der Waals surface area contributed by atoms with Crippen molar-refractivity contribution in [1.82, 2.24) is 0 Å². The average molecular weight is 364 g/mol. The molecule has 0 unspecified atom stereocenters. The minimum absolute atomic E-state index is 0.166. The van der Waals surface area contributed by atoms with Crippen LogP contribution in [0.1, 0.15) is 44.6 Å². The number of phenolic OH excluding ortho intramolecular Hbond substituents is 1. The zero-order valence-electron chi connectivity index (χ0n) is 14.3. The maximum Gasteiger partial charge on any atom is 0.294 e. The summed E-state index contributed by atoms with van der Waals surface area (Å²) in [5.41, 5.74) is 0.871. The molecular weight excluding hydrogens is 340 g/mol. The second-order valence-corrected chi connectivity index (χ2v) is 7.43. The molecule has 2 aromatic carbocycles. The van der Waals surface area contributed by atoms with E-state index >= 15 is 0 Å². The molecule has 0 aliphatic carbocycles. The Morgan fingerprint density at radius 3 is 2.36 bits per heavy atom. The number of phenols is 1. The number of hydrogen-bond acceptors (Lipinski definition) is 4. The minimum Gasteiger partial charge on any atom is -0.508 e. The third-order valence-electron chi connectivity index (χ3n) is 3.95. The lowest BCUT2D eigenvalue weighted by Crippen LogP contribution is -1.98. The van der Waals surface area contributed by atoms with Gasteiger partial charge in [0, 0.05) is 12.1 Å². The molecule has 0 bridgehead atoms. The van der Waals surface area contributed by atoms with E-state index in [1.54, 1.807) is 12.1 Å². The van der Waals surface area contributed by atoms with Crippen LogP contribution in [0, 0.1) is 0 Å². The third kappa shape index (κ3) is 6.07. The molecule has 2 aromatic rings. The van der Waals surface area contributed by atoms with Crippen LogP contribution in [-0.2, 0) is 16.5 Å². The molecule has 0 aliphatic rings. The molecule has 0 radical (unpaired) electrons. The molecule has 0 fully saturated rings. The van der Waals surface area contributed by atoms with Crippen molar-refractivity contribution in [3.8, 4) is 17.2 Å². The van der Waals surface area contributed by atoms with Gasteiger partial charge in [0.2, 0.25) is 0 Å². The van der Waals surface area contributed by atoms with E-state index in [2.05, 4.69) is 6.92 Å². The van der Waals surface area contributed by atoms with E-state index < -0.39 is 10.1 Å². The normalized spacial score (nSPS) is 11.4. The van der Waals surface area contributed by atoms with E-state index in [4.69, 9.17) is 9.29 Å². The Morgan fingerprint density at radius 1 is 0.960 bits per heavy atom. The highest BCUT2D eigenvalue weighted by Gasteiger charge is 2.11. The molecule has 0 aromatic heterocycles. The molecule has 2 N–H and O–H groups in total. The molecule has 6 heteroatoms. The van der Waals surface area contributed by atoms with Crippen molar-refractivity contribution in [1.29, 1.82) is 0 Å². The maximum atomic E-state index is 11.2.